The van der Waals surface area contributed by atoms with Crippen LogP contribution in [0.3, 0.4) is 0 Å². The van der Waals surface area contributed by atoms with Gasteiger partial charge in [0.25, 0.3) is 5.91 Å². The van der Waals surface area contributed by atoms with Gasteiger partial charge in [0.1, 0.15) is 11.6 Å². The van der Waals surface area contributed by atoms with Gasteiger partial charge in [-0.2, -0.15) is 5.10 Å². The Hall–Kier alpha value is -2.22. The van der Waals surface area contributed by atoms with Crippen LogP contribution < -0.4 is 5.32 Å². The average molecular weight is 421 g/mol. The third-order valence-corrected chi connectivity index (χ3v) is 4.20. The van der Waals surface area contributed by atoms with Crippen molar-refractivity contribution in [3.05, 3.63) is 75.2 Å². The summed E-state index contributed by atoms with van der Waals surface area (Å²) in [4.78, 5) is 12.5. The Morgan fingerprint density at radius 3 is 2.57 bits per heavy atom. The highest BCUT2D eigenvalue weighted by Crippen LogP contribution is 2.19. The molecule has 23 heavy (non-hydrogen) atoms. The van der Waals surface area contributed by atoms with Crippen LogP contribution in [0.4, 0.5) is 10.2 Å². The van der Waals surface area contributed by atoms with Crippen LogP contribution in [0.25, 0.3) is 5.69 Å². The van der Waals surface area contributed by atoms with Crippen molar-refractivity contribution in [3.8, 4) is 5.69 Å². The molecule has 0 spiro atoms. The number of anilines is 1. The summed E-state index contributed by atoms with van der Waals surface area (Å²) in [6.45, 7) is 1.84. The van der Waals surface area contributed by atoms with E-state index in [1.807, 2.05) is 25.1 Å². The number of amides is 1. The number of carbonyl (C=O) groups excluding carboxylic acids is 1. The van der Waals surface area contributed by atoms with Crippen LogP contribution in [0.2, 0.25) is 0 Å². The van der Waals surface area contributed by atoms with Crippen LogP contribution in [0.1, 0.15) is 16.1 Å². The molecule has 3 aromatic rings. The van der Waals surface area contributed by atoms with Crippen molar-refractivity contribution in [1.29, 1.82) is 0 Å². The predicted octanol–water partition coefficient (Wildman–Crippen LogP) is 4.18. The van der Waals surface area contributed by atoms with E-state index in [0.29, 0.717) is 17.1 Å². The van der Waals surface area contributed by atoms with Crippen LogP contribution in [-0.2, 0) is 0 Å². The summed E-state index contributed by atoms with van der Waals surface area (Å²) in [7, 11) is 0. The monoisotopic (exact) mass is 421 g/mol. The van der Waals surface area contributed by atoms with Crippen molar-refractivity contribution in [2.24, 2.45) is 0 Å². The second-order valence-corrected chi connectivity index (χ2v) is 6.16. The van der Waals surface area contributed by atoms with E-state index in [1.54, 1.807) is 28.9 Å². The van der Waals surface area contributed by atoms with Crippen molar-refractivity contribution in [2.45, 2.75) is 6.92 Å². The summed E-state index contributed by atoms with van der Waals surface area (Å²) in [6.07, 6.45) is 0. The third kappa shape index (κ3) is 3.42. The molecule has 1 N–H and O–H groups in total. The number of hydrogen-bond donors (Lipinski definition) is 1. The molecule has 0 bridgehead atoms. The normalized spacial score (nSPS) is 10.6. The lowest BCUT2D eigenvalue weighted by atomic mass is 10.2. The number of aromatic nitrogens is 2. The van der Waals surface area contributed by atoms with E-state index in [1.165, 1.54) is 12.1 Å². The quantitative estimate of drug-likeness (QED) is 0.646. The van der Waals surface area contributed by atoms with Gasteiger partial charge < -0.3 is 5.32 Å². The lowest BCUT2D eigenvalue weighted by Crippen LogP contribution is -2.16. The SMILES string of the molecule is Cc1cc(NC(=O)c2ccccc2I)n(-c2ccc(F)cc2)n1. The molecule has 1 amide bonds. The molecule has 116 valence electrons. The molecule has 0 aliphatic carbocycles. The molecule has 3 rings (SSSR count). The van der Waals surface area contributed by atoms with Gasteiger partial charge in [0, 0.05) is 9.64 Å². The molecule has 6 heteroatoms. The summed E-state index contributed by atoms with van der Waals surface area (Å²) >= 11 is 2.12. The van der Waals surface area contributed by atoms with Gasteiger partial charge in [0.05, 0.1) is 16.9 Å². The molecule has 0 aliphatic heterocycles. The van der Waals surface area contributed by atoms with E-state index < -0.39 is 0 Å². The van der Waals surface area contributed by atoms with E-state index in [-0.39, 0.29) is 11.7 Å². The van der Waals surface area contributed by atoms with E-state index in [4.69, 9.17) is 0 Å². The number of nitrogens with one attached hydrogen (secondary N) is 1. The van der Waals surface area contributed by atoms with Crippen molar-refractivity contribution in [3.63, 3.8) is 0 Å². The van der Waals surface area contributed by atoms with Crippen molar-refractivity contribution in [2.75, 3.05) is 5.32 Å². The van der Waals surface area contributed by atoms with Crippen LogP contribution in [0.5, 0.6) is 0 Å². The lowest BCUT2D eigenvalue weighted by Gasteiger charge is -2.09. The molecule has 0 fully saturated rings. The number of benzene rings is 2. The fourth-order valence-electron chi connectivity index (χ4n) is 2.20. The van der Waals surface area contributed by atoms with Gasteiger partial charge in [0.15, 0.2) is 0 Å². The molecule has 0 saturated carbocycles. The van der Waals surface area contributed by atoms with Crippen LogP contribution in [0.15, 0.2) is 54.6 Å². The summed E-state index contributed by atoms with van der Waals surface area (Å²) in [5, 5.41) is 7.22. The Bertz CT molecular complexity index is 859. The first-order valence-corrected chi connectivity index (χ1v) is 8.01. The van der Waals surface area contributed by atoms with Gasteiger partial charge in [-0.05, 0) is 65.9 Å². The number of aryl methyl sites for hydroxylation is 1. The maximum Gasteiger partial charge on any atom is 0.257 e. The highest BCUT2D eigenvalue weighted by atomic mass is 127. The van der Waals surface area contributed by atoms with Crippen LogP contribution in [0, 0.1) is 16.3 Å². The Morgan fingerprint density at radius 1 is 1.17 bits per heavy atom. The maximum atomic E-state index is 13.1. The number of carbonyl (C=O) groups is 1. The lowest BCUT2D eigenvalue weighted by molar-refractivity contribution is 0.102. The van der Waals surface area contributed by atoms with Gasteiger partial charge in [-0.1, -0.05) is 12.1 Å². The van der Waals surface area contributed by atoms with Crippen molar-refractivity contribution >= 4 is 34.3 Å². The highest BCUT2D eigenvalue weighted by molar-refractivity contribution is 14.1. The van der Waals surface area contributed by atoms with E-state index >= 15 is 0 Å². The summed E-state index contributed by atoms with van der Waals surface area (Å²) in [6, 6.07) is 15.1. The van der Waals surface area contributed by atoms with Crippen LogP contribution >= 0.6 is 22.6 Å². The fourth-order valence-corrected chi connectivity index (χ4v) is 2.83. The first-order valence-electron chi connectivity index (χ1n) is 6.93. The smallest absolute Gasteiger partial charge is 0.257 e. The van der Waals surface area contributed by atoms with Gasteiger partial charge in [-0.25, -0.2) is 9.07 Å². The van der Waals surface area contributed by atoms with E-state index in [0.717, 1.165) is 9.26 Å². The number of nitrogens with zero attached hydrogens (tertiary/aromatic N) is 2. The second kappa shape index (κ2) is 6.49. The van der Waals surface area contributed by atoms with E-state index in [2.05, 4.69) is 33.0 Å². The minimum absolute atomic E-state index is 0.210. The first kappa shape index (κ1) is 15.7. The third-order valence-electron chi connectivity index (χ3n) is 3.26. The fraction of sp³-hybridized carbons (Fsp3) is 0.0588. The predicted molar refractivity (Wildman–Crippen MR) is 95.4 cm³/mol. The topological polar surface area (TPSA) is 46.9 Å². The molecular weight excluding hydrogens is 408 g/mol. The number of hydrogen-bond acceptors (Lipinski definition) is 2. The molecule has 0 radical (unpaired) electrons. The zero-order valence-corrected chi connectivity index (χ0v) is 14.4. The summed E-state index contributed by atoms with van der Waals surface area (Å²) < 4.78 is 15.5. The number of halogens is 2. The van der Waals surface area contributed by atoms with Crippen LogP contribution in [-0.4, -0.2) is 15.7 Å². The minimum Gasteiger partial charge on any atom is -0.306 e. The number of rotatable bonds is 3. The summed E-state index contributed by atoms with van der Waals surface area (Å²) in [5.41, 5.74) is 2.03. The Balaban J connectivity index is 1.93. The average Bonchev–Trinajstić information content (AvgIpc) is 2.89. The Morgan fingerprint density at radius 2 is 1.87 bits per heavy atom. The minimum atomic E-state index is -0.318. The molecule has 0 saturated heterocycles. The second-order valence-electron chi connectivity index (χ2n) is 4.99. The zero-order chi connectivity index (χ0) is 16.4. The molecule has 0 aliphatic rings. The van der Waals surface area contributed by atoms with Gasteiger partial charge in [-0.3, -0.25) is 4.79 Å². The largest absolute Gasteiger partial charge is 0.306 e. The molecule has 2 aromatic carbocycles. The molecular formula is C17H13FIN3O. The molecule has 1 aromatic heterocycles. The highest BCUT2D eigenvalue weighted by Gasteiger charge is 2.14. The zero-order valence-electron chi connectivity index (χ0n) is 12.3. The summed E-state index contributed by atoms with van der Waals surface area (Å²) in [5.74, 6) is 0.0130. The van der Waals surface area contributed by atoms with Gasteiger partial charge in [-0.15, -0.1) is 0 Å². The maximum absolute atomic E-state index is 13.1. The first-order chi connectivity index (χ1) is 11.0. The van der Waals surface area contributed by atoms with Crippen molar-refractivity contribution < 1.29 is 9.18 Å². The van der Waals surface area contributed by atoms with Crippen molar-refractivity contribution in [1.82, 2.24) is 9.78 Å². The van der Waals surface area contributed by atoms with E-state index in [9.17, 15) is 9.18 Å². The molecule has 4 nitrogen and oxygen atoms in total. The standard InChI is InChI=1S/C17H13FIN3O/c1-11-10-16(20-17(23)14-4-2-3-5-15(14)19)22(21-11)13-8-6-12(18)7-9-13/h2-10H,1H3,(H,20,23). The molecule has 0 unspecified atom stereocenters. The Kier molecular flexibility index (Phi) is 4.42. The Labute approximate surface area is 146 Å². The van der Waals surface area contributed by atoms with Gasteiger partial charge in [0.2, 0.25) is 0 Å². The van der Waals surface area contributed by atoms with Gasteiger partial charge >= 0.3 is 0 Å². The molecule has 1 heterocycles. The molecule has 0 atom stereocenters.